The Morgan fingerprint density at radius 1 is 1.30 bits per heavy atom. The third-order valence-corrected chi connectivity index (χ3v) is 3.36. The van der Waals surface area contributed by atoms with Crippen LogP contribution in [0, 0.1) is 10.1 Å². The predicted molar refractivity (Wildman–Crippen MR) is 90.6 cm³/mol. The second kappa shape index (κ2) is 8.97. The molecule has 0 unspecified atom stereocenters. The van der Waals surface area contributed by atoms with Crippen molar-refractivity contribution in [3.05, 3.63) is 56.5 Å². The van der Waals surface area contributed by atoms with Gasteiger partial charge in [0.15, 0.2) is 0 Å². The number of carbonyl (C=O) groups excluding carboxylic acids is 1. The van der Waals surface area contributed by atoms with Crippen LogP contribution in [-0.4, -0.2) is 38.9 Å². The molecule has 2 rings (SSSR count). The van der Waals surface area contributed by atoms with Crippen LogP contribution in [0.5, 0.6) is 17.5 Å². The van der Waals surface area contributed by atoms with Gasteiger partial charge in [-0.25, -0.2) is 4.79 Å². The van der Waals surface area contributed by atoms with E-state index < -0.39 is 29.4 Å². The smallest absolute Gasteiger partial charge is 0.424 e. The lowest BCUT2D eigenvalue weighted by molar-refractivity contribution is -0.385. The van der Waals surface area contributed by atoms with Gasteiger partial charge in [-0.05, 0) is 24.1 Å². The summed E-state index contributed by atoms with van der Waals surface area (Å²) in [4.78, 5) is 25.0. The number of nitro groups is 1. The summed E-state index contributed by atoms with van der Waals surface area (Å²) >= 11 is 0. The molecule has 12 heteroatoms. The van der Waals surface area contributed by atoms with Gasteiger partial charge in [-0.3, -0.25) is 10.1 Å². The van der Waals surface area contributed by atoms with Gasteiger partial charge < -0.3 is 19.7 Å². The molecule has 0 aliphatic rings. The number of carbonyl (C=O) groups is 1. The second-order valence-corrected chi connectivity index (χ2v) is 5.14. The average molecular weight is 377 g/mol. The van der Waals surface area contributed by atoms with Crippen LogP contribution in [-0.2, 0) is 11.3 Å². The highest BCUT2D eigenvalue weighted by atomic mass is 16.6. The summed E-state index contributed by atoms with van der Waals surface area (Å²) in [6, 6.07) is 6.11. The first-order valence-electron chi connectivity index (χ1n) is 7.62. The molecular formula is C15H15N5O7. The average Bonchev–Trinajstić information content (AvgIpc) is 2.98. The fourth-order valence-electron chi connectivity index (χ4n) is 2.12. The van der Waals surface area contributed by atoms with Crippen LogP contribution in [0.2, 0.25) is 0 Å². The van der Waals surface area contributed by atoms with Gasteiger partial charge in [0, 0.05) is 29.7 Å². The molecule has 1 heterocycles. The van der Waals surface area contributed by atoms with Crippen LogP contribution in [0.3, 0.4) is 0 Å². The first-order valence-corrected chi connectivity index (χ1v) is 7.62. The van der Waals surface area contributed by atoms with Gasteiger partial charge in [-0.15, -0.1) is 0 Å². The Balaban J connectivity index is 2.08. The number of benzene rings is 1. The largest absolute Gasteiger partial charge is 0.494 e. The molecule has 12 nitrogen and oxygen atoms in total. The van der Waals surface area contributed by atoms with E-state index in [1.165, 1.54) is 18.2 Å². The molecule has 1 aromatic carbocycles. The fourth-order valence-corrected chi connectivity index (χ4v) is 2.12. The molecule has 0 aliphatic carbocycles. The quantitative estimate of drug-likeness (QED) is 0.177. The summed E-state index contributed by atoms with van der Waals surface area (Å²) < 4.78 is 10.8. The van der Waals surface area contributed by atoms with Gasteiger partial charge >= 0.3 is 6.09 Å². The van der Waals surface area contributed by atoms with Crippen molar-refractivity contribution in [1.29, 1.82) is 0 Å². The highest BCUT2D eigenvalue weighted by Gasteiger charge is 2.19. The number of azide groups is 1. The van der Waals surface area contributed by atoms with Crippen LogP contribution in [0.1, 0.15) is 12.0 Å². The highest BCUT2D eigenvalue weighted by molar-refractivity contribution is 5.74. The van der Waals surface area contributed by atoms with Crippen LogP contribution in [0.15, 0.2) is 35.4 Å². The molecule has 2 N–H and O–H groups in total. The van der Waals surface area contributed by atoms with Crippen molar-refractivity contribution in [3.63, 3.8) is 0 Å². The number of nitro benzene ring substituents is 1. The Hall–Kier alpha value is -3.92. The van der Waals surface area contributed by atoms with E-state index in [2.05, 4.69) is 10.0 Å². The maximum Gasteiger partial charge on any atom is 0.424 e. The number of aromatic nitrogens is 1. The van der Waals surface area contributed by atoms with Crippen LogP contribution in [0.4, 0.5) is 10.5 Å². The zero-order valence-electron chi connectivity index (χ0n) is 13.9. The lowest BCUT2D eigenvalue weighted by Crippen LogP contribution is -2.13. The molecule has 0 saturated carbocycles. The van der Waals surface area contributed by atoms with Crippen LogP contribution >= 0.6 is 0 Å². The first-order chi connectivity index (χ1) is 12.9. The third kappa shape index (κ3) is 5.03. The number of rotatable bonds is 8. The van der Waals surface area contributed by atoms with E-state index in [1.807, 2.05) is 0 Å². The Morgan fingerprint density at radius 2 is 2.00 bits per heavy atom. The number of aromatic hydroxyl groups is 2. The molecule has 0 atom stereocenters. The summed E-state index contributed by atoms with van der Waals surface area (Å²) in [5.41, 5.74) is 7.96. The van der Waals surface area contributed by atoms with E-state index in [-0.39, 0.29) is 24.4 Å². The van der Waals surface area contributed by atoms with Crippen molar-refractivity contribution in [2.24, 2.45) is 5.11 Å². The minimum absolute atomic E-state index is 0.0621. The Bertz CT molecular complexity index is 869. The highest BCUT2D eigenvalue weighted by Crippen LogP contribution is 2.26. The molecule has 1 aromatic heterocycles. The number of hydrogen-bond acceptors (Lipinski definition) is 8. The lowest BCUT2D eigenvalue weighted by atomic mass is 10.2. The maximum atomic E-state index is 11.9. The summed E-state index contributed by atoms with van der Waals surface area (Å²) in [6.45, 7) is -0.0128. The molecule has 0 bridgehead atoms. The van der Waals surface area contributed by atoms with E-state index in [4.69, 9.17) is 15.0 Å². The fraction of sp³-hybridized carbons (Fsp3) is 0.267. The van der Waals surface area contributed by atoms with Crippen molar-refractivity contribution in [1.82, 2.24) is 4.57 Å². The number of nitrogens with zero attached hydrogens (tertiary/aromatic N) is 5. The summed E-state index contributed by atoms with van der Waals surface area (Å²) in [7, 11) is 0. The van der Waals surface area contributed by atoms with Gasteiger partial charge in [0.2, 0.25) is 11.8 Å². The zero-order valence-corrected chi connectivity index (χ0v) is 13.9. The van der Waals surface area contributed by atoms with Gasteiger partial charge in [-0.2, -0.15) is 4.57 Å². The summed E-state index contributed by atoms with van der Waals surface area (Å²) in [5, 5.41) is 33.5. The lowest BCUT2D eigenvalue weighted by Gasteiger charge is -2.10. The Morgan fingerprint density at radius 3 is 2.63 bits per heavy atom. The number of ether oxygens (including phenoxy) is 2. The van der Waals surface area contributed by atoms with Crippen LogP contribution < -0.4 is 4.74 Å². The molecule has 0 saturated heterocycles. The van der Waals surface area contributed by atoms with E-state index in [0.29, 0.717) is 16.7 Å². The SMILES string of the molecule is [N-]=[N+]=NCCCOc1ccc([N+](=O)[O-])c(COC(=O)n2c(O)ccc2O)c1. The summed E-state index contributed by atoms with van der Waals surface area (Å²) in [6.07, 6.45) is -0.651. The molecular weight excluding hydrogens is 362 g/mol. The molecule has 0 amide bonds. The van der Waals surface area contributed by atoms with Gasteiger partial charge in [0.1, 0.15) is 12.4 Å². The normalized spacial score (nSPS) is 10.1. The topological polar surface area (TPSA) is 173 Å². The van der Waals surface area contributed by atoms with Gasteiger partial charge in [-0.1, -0.05) is 5.11 Å². The Kier molecular flexibility index (Phi) is 6.44. The molecule has 0 spiro atoms. The van der Waals surface area contributed by atoms with Gasteiger partial charge in [0.25, 0.3) is 5.69 Å². The van der Waals surface area contributed by atoms with Gasteiger partial charge in [0.05, 0.1) is 17.1 Å². The minimum Gasteiger partial charge on any atom is -0.494 e. The zero-order chi connectivity index (χ0) is 19.8. The van der Waals surface area contributed by atoms with Crippen molar-refractivity contribution in [3.8, 4) is 17.5 Å². The van der Waals surface area contributed by atoms with E-state index in [0.717, 1.165) is 12.1 Å². The molecule has 2 aromatic rings. The molecule has 0 aliphatic heterocycles. The molecule has 27 heavy (non-hydrogen) atoms. The molecule has 0 radical (unpaired) electrons. The predicted octanol–water partition coefficient (Wildman–Crippen LogP) is 3.07. The van der Waals surface area contributed by atoms with Crippen molar-refractivity contribution < 1.29 is 29.4 Å². The van der Waals surface area contributed by atoms with Crippen molar-refractivity contribution in [2.45, 2.75) is 13.0 Å². The number of hydrogen-bond donors (Lipinski definition) is 2. The minimum atomic E-state index is -1.11. The van der Waals surface area contributed by atoms with Crippen molar-refractivity contribution in [2.75, 3.05) is 13.2 Å². The molecule has 142 valence electrons. The van der Waals surface area contributed by atoms with E-state index in [1.54, 1.807) is 0 Å². The molecule has 0 fully saturated rings. The van der Waals surface area contributed by atoms with Crippen LogP contribution in [0.25, 0.3) is 10.4 Å². The Labute approximate surface area is 151 Å². The van der Waals surface area contributed by atoms with E-state index in [9.17, 15) is 25.1 Å². The van der Waals surface area contributed by atoms with Crippen molar-refractivity contribution >= 4 is 11.8 Å². The maximum absolute atomic E-state index is 11.9. The third-order valence-electron chi connectivity index (χ3n) is 3.36. The first kappa shape index (κ1) is 19.4. The monoisotopic (exact) mass is 377 g/mol. The summed E-state index contributed by atoms with van der Waals surface area (Å²) in [5.74, 6) is -0.771. The van der Waals surface area contributed by atoms with E-state index >= 15 is 0 Å². The second-order valence-electron chi connectivity index (χ2n) is 5.14. The standard InChI is InChI=1S/C15H15N5O7/c16-18-17-6-1-7-26-11-2-3-12(20(24)25)10(8-11)9-27-15(23)19-13(21)4-5-14(19)22/h2-5,8,21-22H,1,6-7,9H2.